The number of H-pyrrole nitrogens is 1. The van der Waals surface area contributed by atoms with E-state index in [9.17, 15) is 14.7 Å². The first-order chi connectivity index (χ1) is 18.9. The highest BCUT2D eigenvalue weighted by atomic mass is 16.5. The molecule has 0 spiro atoms. The number of hydrogen-bond acceptors (Lipinski definition) is 4. The number of aromatic amines is 1. The molecule has 3 aromatic carbocycles. The van der Waals surface area contributed by atoms with E-state index in [1.807, 2.05) is 82.3 Å². The second-order valence-electron chi connectivity index (χ2n) is 11.5. The van der Waals surface area contributed by atoms with Crippen molar-refractivity contribution in [2.45, 2.75) is 59.9 Å². The molecular formula is C34H36N2O4. The molecule has 1 aliphatic rings. The first-order valence-electron chi connectivity index (χ1n) is 13.7. The molecule has 0 radical (unpaired) electrons. The third-order valence-electron chi connectivity index (χ3n) is 7.79. The van der Waals surface area contributed by atoms with E-state index in [-0.39, 0.29) is 16.7 Å². The summed E-state index contributed by atoms with van der Waals surface area (Å²) < 4.78 is 5.87. The SMILES string of the molecule is CCOc1ccc(/C(O)=C2\C(=O)C(=O)N(c3ccc(C)c(C)c3)C2c2c(C)[nH]c3ccccc23)cc1C(C)(C)C. The molecule has 1 aromatic heterocycles. The maximum atomic E-state index is 13.8. The molecular weight excluding hydrogens is 500 g/mol. The number of fused-ring (bicyclic) bond motifs is 1. The number of aliphatic hydroxyl groups is 1. The lowest BCUT2D eigenvalue weighted by Crippen LogP contribution is -2.29. The first kappa shape index (κ1) is 27.3. The van der Waals surface area contributed by atoms with Gasteiger partial charge in [0.1, 0.15) is 11.5 Å². The number of para-hydroxylation sites is 1. The molecule has 1 amide bonds. The van der Waals surface area contributed by atoms with Gasteiger partial charge >= 0.3 is 0 Å². The summed E-state index contributed by atoms with van der Waals surface area (Å²) in [5, 5.41) is 12.7. The van der Waals surface area contributed by atoms with Crippen molar-refractivity contribution in [1.82, 2.24) is 4.98 Å². The van der Waals surface area contributed by atoms with Crippen molar-refractivity contribution in [2.75, 3.05) is 11.5 Å². The van der Waals surface area contributed by atoms with Crippen molar-refractivity contribution in [3.05, 3.63) is 99.7 Å². The van der Waals surface area contributed by atoms with Crippen LogP contribution in [0, 0.1) is 20.8 Å². The van der Waals surface area contributed by atoms with E-state index < -0.39 is 17.7 Å². The molecule has 1 fully saturated rings. The normalized spacial score (nSPS) is 17.2. The van der Waals surface area contributed by atoms with Gasteiger partial charge in [-0.2, -0.15) is 0 Å². The summed E-state index contributed by atoms with van der Waals surface area (Å²) in [5.41, 5.74) is 6.39. The van der Waals surface area contributed by atoms with Gasteiger partial charge in [-0.1, -0.05) is 45.0 Å². The lowest BCUT2D eigenvalue weighted by molar-refractivity contribution is -0.132. The number of hydrogen-bond donors (Lipinski definition) is 2. The van der Waals surface area contributed by atoms with E-state index in [0.717, 1.165) is 44.6 Å². The Hall–Kier alpha value is -4.32. The van der Waals surface area contributed by atoms with Crippen molar-refractivity contribution >= 4 is 34.0 Å². The number of nitrogens with one attached hydrogen (secondary N) is 1. The highest BCUT2D eigenvalue weighted by Crippen LogP contribution is 2.46. The molecule has 5 rings (SSSR count). The lowest BCUT2D eigenvalue weighted by Gasteiger charge is -2.27. The lowest BCUT2D eigenvalue weighted by atomic mass is 9.84. The van der Waals surface area contributed by atoms with E-state index in [1.54, 1.807) is 6.07 Å². The molecule has 2 heterocycles. The average Bonchev–Trinajstić information content (AvgIpc) is 3.37. The predicted molar refractivity (Wildman–Crippen MR) is 160 cm³/mol. The van der Waals surface area contributed by atoms with Gasteiger partial charge in [-0.15, -0.1) is 0 Å². The highest BCUT2D eigenvalue weighted by Gasteiger charge is 2.48. The number of aryl methyl sites for hydroxylation is 3. The van der Waals surface area contributed by atoms with Crippen LogP contribution in [0.15, 0.2) is 66.2 Å². The van der Waals surface area contributed by atoms with Crippen LogP contribution in [0.2, 0.25) is 0 Å². The maximum absolute atomic E-state index is 13.8. The zero-order valence-electron chi connectivity index (χ0n) is 24.2. The summed E-state index contributed by atoms with van der Waals surface area (Å²) in [5.74, 6) is -0.850. The molecule has 1 aliphatic heterocycles. The fourth-order valence-electron chi connectivity index (χ4n) is 5.60. The zero-order valence-corrected chi connectivity index (χ0v) is 24.2. The highest BCUT2D eigenvalue weighted by molar-refractivity contribution is 6.52. The minimum Gasteiger partial charge on any atom is -0.507 e. The Balaban J connectivity index is 1.80. The number of ether oxygens (including phenoxy) is 1. The van der Waals surface area contributed by atoms with Crippen LogP contribution in [-0.4, -0.2) is 28.4 Å². The van der Waals surface area contributed by atoms with Crippen molar-refractivity contribution in [3.63, 3.8) is 0 Å². The molecule has 206 valence electrons. The van der Waals surface area contributed by atoms with Gasteiger partial charge in [0.15, 0.2) is 0 Å². The van der Waals surface area contributed by atoms with E-state index in [4.69, 9.17) is 4.74 Å². The minimum atomic E-state index is -0.817. The average molecular weight is 537 g/mol. The summed E-state index contributed by atoms with van der Waals surface area (Å²) in [7, 11) is 0. The number of amides is 1. The third kappa shape index (κ3) is 4.47. The number of benzene rings is 3. The van der Waals surface area contributed by atoms with Crippen LogP contribution in [0.1, 0.15) is 67.2 Å². The fraction of sp³-hybridized carbons (Fsp3) is 0.294. The number of carbonyl (C=O) groups is 2. The van der Waals surface area contributed by atoms with Crippen molar-refractivity contribution in [2.24, 2.45) is 0 Å². The molecule has 4 aromatic rings. The van der Waals surface area contributed by atoms with E-state index in [1.165, 1.54) is 4.90 Å². The predicted octanol–water partition coefficient (Wildman–Crippen LogP) is 7.42. The van der Waals surface area contributed by atoms with Gasteiger partial charge in [-0.05, 0) is 80.6 Å². The molecule has 0 saturated carbocycles. The molecule has 2 N–H and O–H groups in total. The van der Waals surface area contributed by atoms with Crippen LogP contribution in [0.25, 0.3) is 16.7 Å². The quantitative estimate of drug-likeness (QED) is 0.158. The van der Waals surface area contributed by atoms with Crippen LogP contribution < -0.4 is 9.64 Å². The smallest absolute Gasteiger partial charge is 0.300 e. The largest absolute Gasteiger partial charge is 0.507 e. The molecule has 0 bridgehead atoms. The Morgan fingerprint density at radius 1 is 0.975 bits per heavy atom. The Labute approximate surface area is 235 Å². The molecule has 1 saturated heterocycles. The second-order valence-corrected chi connectivity index (χ2v) is 11.5. The molecule has 40 heavy (non-hydrogen) atoms. The van der Waals surface area contributed by atoms with Gasteiger partial charge in [0, 0.05) is 39.0 Å². The minimum absolute atomic E-state index is 0.0695. The first-order valence-corrected chi connectivity index (χ1v) is 13.7. The van der Waals surface area contributed by atoms with Crippen LogP contribution in [0.5, 0.6) is 5.75 Å². The molecule has 1 atom stereocenters. The number of aromatic nitrogens is 1. The number of nitrogens with zero attached hydrogens (tertiary/aromatic N) is 1. The number of anilines is 1. The van der Waals surface area contributed by atoms with E-state index in [0.29, 0.717) is 17.9 Å². The standard InChI is InChI=1S/C34H36N2O4/c1-8-40-27-16-14-22(18-25(27)34(5,6)7)31(37)29-30(28-21(4)35-26-12-10-9-11-24(26)28)36(33(39)32(29)38)23-15-13-19(2)20(3)17-23/h9-18,30,35,37H,8H2,1-7H3/b31-29+. The van der Waals surface area contributed by atoms with E-state index in [2.05, 4.69) is 25.8 Å². The molecule has 0 aliphatic carbocycles. The third-order valence-corrected chi connectivity index (χ3v) is 7.79. The van der Waals surface area contributed by atoms with Gasteiger partial charge in [0.25, 0.3) is 11.7 Å². The van der Waals surface area contributed by atoms with Crippen LogP contribution in [0.3, 0.4) is 0 Å². The van der Waals surface area contributed by atoms with Gasteiger partial charge in [-0.3, -0.25) is 14.5 Å². The summed E-state index contributed by atoms with van der Waals surface area (Å²) in [4.78, 5) is 32.5. The number of aliphatic hydroxyl groups excluding tert-OH is 1. The summed E-state index contributed by atoms with van der Waals surface area (Å²) in [6.07, 6.45) is 0. The monoisotopic (exact) mass is 536 g/mol. The van der Waals surface area contributed by atoms with Crippen LogP contribution in [-0.2, 0) is 15.0 Å². The van der Waals surface area contributed by atoms with Crippen LogP contribution in [0.4, 0.5) is 5.69 Å². The Kier molecular flexibility index (Phi) is 6.82. The summed E-state index contributed by atoms with van der Waals surface area (Å²) in [6.45, 7) is 14.6. The van der Waals surface area contributed by atoms with Crippen molar-refractivity contribution in [3.8, 4) is 5.75 Å². The molecule has 6 nitrogen and oxygen atoms in total. The van der Waals surface area contributed by atoms with Crippen molar-refractivity contribution in [1.29, 1.82) is 0 Å². The topological polar surface area (TPSA) is 82.6 Å². The van der Waals surface area contributed by atoms with E-state index >= 15 is 0 Å². The van der Waals surface area contributed by atoms with Crippen LogP contribution >= 0.6 is 0 Å². The number of Topliss-reactive ketones (excluding diaryl/α,β-unsaturated/α-hetero) is 1. The van der Waals surface area contributed by atoms with Gasteiger partial charge in [-0.25, -0.2) is 0 Å². The van der Waals surface area contributed by atoms with Gasteiger partial charge in [0.05, 0.1) is 18.2 Å². The van der Waals surface area contributed by atoms with Gasteiger partial charge in [0.2, 0.25) is 0 Å². The summed E-state index contributed by atoms with van der Waals surface area (Å²) >= 11 is 0. The maximum Gasteiger partial charge on any atom is 0.300 e. The number of rotatable bonds is 5. The summed E-state index contributed by atoms with van der Waals surface area (Å²) in [6, 6.07) is 18.2. The Morgan fingerprint density at radius 3 is 2.38 bits per heavy atom. The fourth-order valence-corrected chi connectivity index (χ4v) is 5.60. The molecule has 1 unspecified atom stereocenters. The number of carbonyl (C=O) groups excluding carboxylic acids is 2. The zero-order chi connectivity index (χ0) is 28.9. The second kappa shape index (κ2) is 10.0. The Morgan fingerprint density at radius 2 is 1.70 bits per heavy atom. The Bertz CT molecular complexity index is 1690. The molecule has 6 heteroatoms. The van der Waals surface area contributed by atoms with Crippen molar-refractivity contribution < 1.29 is 19.4 Å². The number of ketones is 1. The van der Waals surface area contributed by atoms with Gasteiger partial charge < -0.3 is 14.8 Å².